The van der Waals surface area contributed by atoms with Crippen molar-refractivity contribution in [2.45, 2.75) is 19.8 Å². The smallest absolute Gasteiger partial charge is 0.462 e. The van der Waals surface area contributed by atoms with E-state index in [1.807, 2.05) is 0 Å². The Morgan fingerprint density at radius 2 is 2.16 bits per heavy atom. The monoisotopic (exact) mass is 390 g/mol. The summed E-state index contributed by atoms with van der Waals surface area (Å²) in [5.41, 5.74) is 5.36. The Bertz CT molecular complexity index is 480. The van der Waals surface area contributed by atoms with E-state index in [1.54, 1.807) is 6.92 Å². The van der Waals surface area contributed by atoms with Crippen LogP contribution in [0.4, 0.5) is 13.2 Å². The van der Waals surface area contributed by atoms with Gasteiger partial charge in [-0.3, -0.25) is 0 Å². The van der Waals surface area contributed by atoms with E-state index in [9.17, 15) is 18.0 Å². The number of carbonyl (C=O) groups is 1. The van der Waals surface area contributed by atoms with Gasteiger partial charge >= 0.3 is 12.3 Å². The molecule has 0 spiro atoms. The Morgan fingerprint density at radius 3 is 2.63 bits per heavy atom. The molecule has 0 saturated carbocycles. The summed E-state index contributed by atoms with van der Waals surface area (Å²) in [7, 11) is 0. The third-order valence-electron chi connectivity index (χ3n) is 1.90. The molecule has 0 unspecified atom stereocenters. The number of rotatable bonds is 4. The predicted molar refractivity (Wildman–Crippen MR) is 67.5 cm³/mol. The van der Waals surface area contributed by atoms with Gasteiger partial charge in [0.2, 0.25) is 5.88 Å². The summed E-state index contributed by atoms with van der Waals surface area (Å²) in [6, 6.07) is 1.28. The fourth-order valence-corrected chi connectivity index (χ4v) is 1.80. The van der Waals surface area contributed by atoms with E-state index < -0.39 is 18.2 Å². The highest BCUT2D eigenvalue weighted by Gasteiger charge is 2.34. The predicted octanol–water partition coefficient (Wildman–Crippen LogP) is 2.22. The molecule has 0 aliphatic heterocycles. The van der Waals surface area contributed by atoms with Crippen LogP contribution in [0.1, 0.15) is 23.0 Å². The van der Waals surface area contributed by atoms with Crippen molar-refractivity contribution in [3.05, 3.63) is 20.9 Å². The normalized spacial score (nSPS) is 11.3. The number of esters is 1. The van der Waals surface area contributed by atoms with E-state index in [0.717, 1.165) is 0 Å². The summed E-state index contributed by atoms with van der Waals surface area (Å²) in [6.07, 6.45) is -4.90. The summed E-state index contributed by atoms with van der Waals surface area (Å²) < 4.78 is 45.1. The van der Waals surface area contributed by atoms with Crippen molar-refractivity contribution < 1.29 is 27.4 Å². The van der Waals surface area contributed by atoms with Crippen molar-refractivity contribution in [1.82, 2.24) is 4.98 Å². The summed E-state index contributed by atoms with van der Waals surface area (Å²) in [4.78, 5) is 15.2. The summed E-state index contributed by atoms with van der Waals surface area (Å²) in [5.74, 6) is -1.46. The third-order valence-corrected chi connectivity index (χ3v) is 2.94. The molecule has 19 heavy (non-hydrogen) atoms. The second-order valence-electron chi connectivity index (χ2n) is 3.25. The number of alkyl halides is 3. The van der Waals surface area contributed by atoms with Gasteiger partial charge in [0.1, 0.15) is 0 Å². The molecular weight excluding hydrogens is 380 g/mol. The SMILES string of the molecule is CCOC(=O)c1cc(CN)nc(OC(F)(F)F)c1I. The van der Waals surface area contributed by atoms with Crippen molar-refractivity contribution in [2.75, 3.05) is 6.61 Å². The first-order chi connectivity index (χ1) is 8.78. The van der Waals surface area contributed by atoms with Crippen LogP contribution in [0.3, 0.4) is 0 Å². The van der Waals surface area contributed by atoms with Crippen LogP contribution < -0.4 is 10.5 Å². The first kappa shape index (κ1) is 16.0. The van der Waals surface area contributed by atoms with Crippen molar-refractivity contribution in [1.29, 1.82) is 0 Å². The molecule has 1 aromatic heterocycles. The van der Waals surface area contributed by atoms with Crippen LogP contribution in [0.25, 0.3) is 0 Å². The van der Waals surface area contributed by atoms with E-state index in [-0.39, 0.29) is 28.0 Å². The molecule has 9 heteroatoms. The molecule has 106 valence electrons. The van der Waals surface area contributed by atoms with E-state index in [1.165, 1.54) is 28.7 Å². The fraction of sp³-hybridized carbons (Fsp3) is 0.400. The Hall–Kier alpha value is -1.10. The quantitative estimate of drug-likeness (QED) is 0.631. The van der Waals surface area contributed by atoms with Crippen LogP contribution in [0.15, 0.2) is 6.07 Å². The molecular formula is C10H10F3IN2O3. The number of carbonyl (C=O) groups excluding carboxylic acids is 1. The van der Waals surface area contributed by atoms with Crippen LogP contribution in [-0.2, 0) is 11.3 Å². The molecule has 0 radical (unpaired) electrons. The van der Waals surface area contributed by atoms with Crippen LogP contribution >= 0.6 is 22.6 Å². The second-order valence-corrected chi connectivity index (χ2v) is 4.33. The molecule has 5 nitrogen and oxygen atoms in total. The number of hydrogen-bond acceptors (Lipinski definition) is 5. The van der Waals surface area contributed by atoms with Gasteiger partial charge in [0.05, 0.1) is 21.4 Å². The molecule has 0 atom stereocenters. The van der Waals surface area contributed by atoms with Gasteiger partial charge in [-0.25, -0.2) is 9.78 Å². The molecule has 1 aromatic rings. The number of pyridine rings is 1. The molecule has 0 bridgehead atoms. The third kappa shape index (κ3) is 4.49. The molecule has 1 rings (SSSR count). The molecule has 0 aliphatic carbocycles. The van der Waals surface area contributed by atoms with Crippen molar-refractivity contribution in [3.63, 3.8) is 0 Å². The Labute approximate surface area is 120 Å². The maximum absolute atomic E-state index is 12.2. The summed E-state index contributed by atoms with van der Waals surface area (Å²) in [6.45, 7) is 1.56. The van der Waals surface area contributed by atoms with Crippen LogP contribution in [-0.4, -0.2) is 23.9 Å². The maximum atomic E-state index is 12.2. The van der Waals surface area contributed by atoms with Gasteiger partial charge in [0.15, 0.2) is 0 Å². The lowest BCUT2D eigenvalue weighted by atomic mass is 10.2. The van der Waals surface area contributed by atoms with Gasteiger partial charge in [0, 0.05) is 6.54 Å². The van der Waals surface area contributed by atoms with E-state index >= 15 is 0 Å². The zero-order valence-corrected chi connectivity index (χ0v) is 11.9. The van der Waals surface area contributed by atoms with E-state index in [4.69, 9.17) is 10.5 Å². The minimum atomic E-state index is -4.90. The molecule has 0 aromatic carbocycles. The average molecular weight is 390 g/mol. The lowest BCUT2D eigenvalue weighted by Gasteiger charge is -2.13. The minimum absolute atomic E-state index is 0.0582. The van der Waals surface area contributed by atoms with Crippen molar-refractivity contribution in [3.8, 4) is 5.88 Å². The molecule has 2 N–H and O–H groups in total. The first-order valence-corrected chi connectivity index (χ1v) is 6.18. The first-order valence-electron chi connectivity index (χ1n) is 5.10. The topological polar surface area (TPSA) is 74.4 Å². The molecule has 0 saturated heterocycles. The Balaban J connectivity index is 3.24. The number of hydrogen-bond donors (Lipinski definition) is 1. The van der Waals surface area contributed by atoms with Crippen LogP contribution in [0, 0.1) is 3.57 Å². The van der Waals surface area contributed by atoms with E-state index in [2.05, 4.69) is 9.72 Å². The van der Waals surface area contributed by atoms with Crippen molar-refractivity contribution in [2.24, 2.45) is 5.73 Å². The van der Waals surface area contributed by atoms with Crippen LogP contribution in [0.2, 0.25) is 0 Å². The van der Waals surface area contributed by atoms with Gasteiger partial charge in [0.25, 0.3) is 0 Å². The fourth-order valence-electron chi connectivity index (χ4n) is 1.20. The lowest BCUT2D eigenvalue weighted by Crippen LogP contribution is -2.21. The molecule has 0 amide bonds. The largest absolute Gasteiger partial charge is 0.574 e. The van der Waals surface area contributed by atoms with E-state index in [0.29, 0.717) is 0 Å². The standard InChI is InChI=1S/C10H10F3IN2O3/c1-2-18-9(17)6-3-5(4-15)16-8(7(6)14)19-10(11,12)13/h3H,2,4,15H2,1H3. The van der Waals surface area contributed by atoms with Gasteiger partial charge < -0.3 is 15.2 Å². The molecule has 0 fully saturated rings. The van der Waals surface area contributed by atoms with Crippen LogP contribution in [0.5, 0.6) is 5.88 Å². The highest BCUT2D eigenvalue weighted by atomic mass is 127. The molecule has 0 aliphatic rings. The highest BCUT2D eigenvalue weighted by molar-refractivity contribution is 14.1. The van der Waals surface area contributed by atoms with Gasteiger partial charge in [-0.15, -0.1) is 13.2 Å². The van der Waals surface area contributed by atoms with Gasteiger partial charge in [-0.2, -0.15) is 0 Å². The lowest BCUT2D eigenvalue weighted by molar-refractivity contribution is -0.276. The summed E-state index contributed by atoms with van der Waals surface area (Å²) in [5, 5.41) is 0. The second kappa shape index (κ2) is 6.37. The maximum Gasteiger partial charge on any atom is 0.574 e. The average Bonchev–Trinajstić information content (AvgIpc) is 2.30. The number of halogens is 4. The van der Waals surface area contributed by atoms with Gasteiger partial charge in [-0.1, -0.05) is 0 Å². The van der Waals surface area contributed by atoms with Gasteiger partial charge in [-0.05, 0) is 35.6 Å². The number of ether oxygens (including phenoxy) is 2. The summed E-state index contributed by atoms with van der Waals surface area (Å²) >= 11 is 1.54. The van der Waals surface area contributed by atoms with Crippen molar-refractivity contribution >= 4 is 28.6 Å². The molecule has 1 heterocycles. The Kier molecular flexibility index (Phi) is 5.35. The zero-order chi connectivity index (χ0) is 14.6. The number of aromatic nitrogens is 1. The number of nitrogens with zero attached hydrogens (tertiary/aromatic N) is 1. The Morgan fingerprint density at radius 1 is 1.53 bits per heavy atom. The highest BCUT2D eigenvalue weighted by Crippen LogP contribution is 2.29. The zero-order valence-electron chi connectivity index (χ0n) is 9.75. The number of nitrogens with two attached hydrogens (primary N) is 1. The minimum Gasteiger partial charge on any atom is -0.462 e.